The minimum atomic E-state index is 0.669. The molecule has 0 N–H and O–H groups in total. The number of allylic oxidation sites excluding steroid dienone is 1. The van der Waals surface area contributed by atoms with Crippen LogP contribution in [0.2, 0.25) is 0 Å². The number of rotatable bonds is 8. The van der Waals surface area contributed by atoms with E-state index in [1.54, 1.807) is 0 Å². The lowest BCUT2D eigenvalue weighted by atomic mass is 9.84. The summed E-state index contributed by atoms with van der Waals surface area (Å²) in [6.07, 6.45) is 6.67. The van der Waals surface area contributed by atoms with Crippen molar-refractivity contribution in [3.8, 4) is 22.8 Å². The molecule has 0 bridgehead atoms. The zero-order valence-electron chi connectivity index (χ0n) is 25.6. The lowest BCUT2D eigenvalue weighted by Gasteiger charge is -2.21. The number of aryl methyl sites for hydroxylation is 2. The second-order valence-electron chi connectivity index (χ2n) is 11.8. The van der Waals surface area contributed by atoms with Crippen LogP contribution in [0.15, 0.2) is 138 Å². The Bertz CT molecular complexity index is 2190. The summed E-state index contributed by atoms with van der Waals surface area (Å²) >= 11 is 0. The number of benzene rings is 5. The SMILES string of the molecule is C=Cc1c(CCCC2=C(c3nc(-c4ccccc4)nc(-c4ccccc4)n3)c3c(oc4ccccc34)CC2)ccc2ccccc12. The van der Waals surface area contributed by atoms with Gasteiger partial charge >= 0.3 is 0 Å². The Morgan fingerprint density at radius 1 is 0.609 bits per heavy atom. The molecular weight excluding hydrogens is 562 g/mol. The van der Waals surface area contributed by atoms with Crippen molar-refractivity contribution in [3.63, 3.8) is 0 Å². The van der Waals surface area contributed by atoms with Crippen molar-refractivity contribution in [3.05, 3.63) is 162 Å². The van der Waals surface area contributed by atoms with E-state index >= 15 is 0 Å². The van der Waals surface area contributed by atoms with Gasteiger partial charge in [-0.25, -0.2) is 15.0 Å². The van der Waals surface area contributed by atoms with E-state index in [4.69, 9.17) is 19.4 Å². The molecule has 0 amide bonds. The van der Waals surface area contributed by atoms with Gasteiger partial charge in [-0.05, 0) is 53.6 Å². The smallest absolute Gasteiger partial charge is 0.164 e. The molecule has 222 valence electrons. The fraction of sp³-hybridized carbons (Fsp3) is 0.119. The maximum atomic E-state index is 6.45. The van der Waals surface area contributed by atoms with Gasteiger partial charge in [0.15, 0.2) is 17.5 Å². The fourth-order valence-electron chi connectivity index (χ4n) is 6.84. The van der Waals surface area contributed by atoms with Crippen LogP contribution in [-0.4, -0.2) is 15.0 Å². The van der Waals surface area contributed by atoms with Gasteiger partial charge in [0.1, 0.15) is 11.3 Å². The number of aromatic nitrogens is 3. The molecule has 0 radical (unpaired) electrons. The summed E-state index contributed by atoms with van der Waals surface area (Å²) in [4.78, 5) is 15.3. The zero-order chi connectivity index (χ0) is 30.9. The minimum absolute atomic E-state index is 0.669. The third-order valence-corrected chi connectivity index (χ3v) is 9.04. The molecule has 0 unspecified atom stereocenters. The highest BCUT2D eigenvalue weighted by molar-refractivity contribution is 5.98. The Morgan fingerprint density at radius 2 is 1.24 bits per heavy atom. The largest absolute Gasteiger partial charge is 0.460 e. The Balaban J connectivity index is 1.26. The highest BCUT2D eigenvalue weighted by atomic mass is 16.3. The second kappa shape index (κ2) is 12.1. The van der Waals surface area contributed by atoms with Gasteiger partial charge in [-0.15, -0.1) is 0 Å². The van der Waals surface area contributed by atoms with Crippen molar-refractivity contribution in [2.75, 3.05) is 0 Å². The Kier molecular flexibility index (Phi) is 7.31. The van der Waals surface area contributed by atoms with E-state index in [-0.39, 0.29) is 0 Å². The number of hydrogen-bond acceptors (Lipinski definition) is 4. The van der Waals surface area contributed by atoms with Gasteiger partial charge in [0.05, 0.1) is 0 Å². The first-order chi connectivity index (χ1) is 22.8. The molecule has 2 aromatic heterocycles. The molecule has 0 spiro atoms. The number of hydrogen-bond donors (Lipinski definition) is 0. The first-order valence-corrected chi connectivity index (χ1v) is 16.0. The summed E-state index contributed by atoms with van der Waals surface area (Å²) in [5.41, 5.74) is 8.97. The molecule has 4 nitrogen and oxygen atoms in total. The summed E-state index contributed by atoms with van der Waals surface area (Å²) in [5, 5.41) is 3.61. The zero-order valence-corrected chi connectivity index (χ0v) is 25.6. The van der Waals surface area contributed by atoms with Crippen molar-refractivity contribution in [1.82, 2.24) is 15.0 Å². The molecule has 0 fully saturated rings. The normalized spacial score (nSPS) is 12.9. The summed E-state index contributed by atoms with van der Waals surface area (Å²) < 4.78 is 6.45. The summed E-state index contributed by atoms with van der Waals surface area (Å²) in [7, 11) is 0. The highest BCUT2D eigenvalue weighted by Gasteiger charge is 2.29. The van der Waals surface area contributed by atoms with Crippen LogP contribution in [0.3, 0.4) is 0 Å². The molecule has 2 heterocycles. The fourth-order valence-corrected chi connectivity index (χ4v) is 6.84. The van der Waals surface area contributed by atoms with Crippen molar-refractivity contribution in [1.29, 1.82) is 0 Å². The van der Waals surface area contributed by atoms with Gasteiger partial charge in [-0.1, -0.05) is 133 Å². The third kappa shape index (κ3) is 5.12. The van der Waals surface area contributed by atoms with E-state index < -0.39 is 0 Å². The van der Waals surface area contributed by atoms with E-state index in [1.807, 2.05) is 48.5 Å². The number of fused-ring (bicyclic) bond motifs is 4. The van der Waals surface area contributed by atoms with Crippen molar-refractivity contribution >= 4 is 33.4 Å². The predicted molar refractivity (Wildman–Crippen MR) is 188 cm³/mol. The lowest BCUT2D eigenvalue weighted by molar-refractivity contribution is 0.538. The van der Waals surface area contributed by atoms with Gasteiger partial charge < -0.3 is 4.42 Å². The van der Waals surface area contributed by atoms with Crippen molar-refractivity contribution in [2.45, 2.75) is 32.1 Å². The van der Waals surface area contributed by atoms with Crippen molar-refractivity contribution in [2.24, 2.45) is 0 Å². The molecule has 0 saturated heterocycles. The van der Waals surface area contributed by atoms with Crippen LogP contribution in [0.25, 0.3) is 56.2 Å². The van der Waals surface area contributed by atoms with E-state index in [0.717, 1.165) is 71.1 Å². The van der Waals surface area contributed by atoms with Crippen LogP contribution < -0.4 is 0 Å². The first kappa shape index (κ1) is 27.9. The highest BCUT2D eigenvalue weighted by Crippen LogP contribution is 2.43. The molecule has 5 aromatic carbocycles. The quantitative estimate of drug-likeness (QED) is 0.175. The molecule has 0 aliphatic heterocycles. The standard InChI is InChI=1S/C42H33N3O/c1-2-33-28(24-25-29-14-9-10-21-34(29)33)19-13-20-30-26-27-37-39(35-22-11-12-23-36(35)46-37)38(30)42-44-40(31-15-5-3-6-16-31)43-41(45-42)32-17-7-4-8-18-32/h2-12,14-18,21-25H,1,13,19-20,26-27H2. The summed E-state index contributed by atoms with van der Waals surface area (Å²) in [6.45, 7) is 4.16. The molecule has 4 heteroatoms. The monoisotopic (exact) mass is 595 g/mol. The average molecular weight is 596 g/mol. The Labute approximate surface area is 268 Å². The van der Waals surface area contributed by atoms with Crippen LogP contribution in [0.1, 0.15) is 47.5 Å². The number of nitrogens with zero attached hydrogens (tertiary/aromatic N) is 3. The van der Waals surface area contributed by atoms with Gasteiger partial charge in [0, 0.05) is 34.1 Å². The maximum Gasteiger partial charge on any atom is 0.164 e. The topological polar surface area (TPSA) is 51.8 Å². The maximum absolute atomic E-state index is 6.45. The van der Waals surface area contributed by atoms with Crippen LogP contribution in [0, 0.1) is 0 Å². The minimum Gasteiger partial charge on any atom is -0.460 e. The molecule has 0 saturated carbocycles. The van der Waals surface area contributed by atoms with E-state index in [9.17, 15) is 0 Å². The predicted octanol–water partition coefficient (Wildman–Crippen LogP) is 10.5. The molecule has 8 rings (SSSR count). The van der Waals surface area contributed by atoms with Crippen LogP contribution in [-0.2, 0) is 12.8 Å². The van der Waals surface area contributed by atoms with Gasteiger partial charge in [0.25, 0.3) is 0 Å². The molecule has 7 aromatic rings. The molecule has 0 atom stereocenters. The van der Waals surface area contributed by atoms with Gasteiger partial charge in [-0.2, -0.15) is 0 Å². The molecule has 46 heavy (non-hydrogen) atoms. The molecule has 1 aliphatic rings. The van der Waals surface area contributed by atoms with E-state index in [0.29, 0.717) is 17.5 Å². The molecular formula is C42H33N3O. The van der Waals surface area contributed by atoms with Crippen molar-refractivity contribution < 1.29 is 4.42 Å². The Morgan fingerprint density at radius 3 is 1.96 bits per heavy atom. The third-order valence-electron chi connectivity index (χ3n) is 9.04. The first-order valence-electron chi connectivity index (χ1n) is 16.0. The lowest BCUT2D eigenvalue weighted by Crippen LogP contribution is -2.10. The average Bonchev–Trinajstić information content (AvgIpc) is 3.50. The van der Waals surface area contributed by atoms with Crippen LogP contribution in [0.5, 0.6) is 0 Å². The summed E-state index contributed by atoms with van der Waals surface area (Å²) in [6, 6.07) is 41.8. The number of para-hydroxylation sites is 1. The van der Waals surface area contributed by atoms with Crippen LogP contribution in [0.4, 0.5) is 0 Å². The van der Waals surface area contributed by atoms with E-state index in [2.05, 4.69) is 85.4 Å². The van der Waals surface area contributed by atoms with Gasteiger partial charge in [0.2, 0.25) is 0 Å². The summed E-state index contributed by atoms with van der Waals surface area (Å²) in [5.74, 6) is 3.05. The van der Waals surface area contributed by atoms with E-state index in [1.165, 1.54) is 27.5 Å². The second-order valence-corrected chi connectivity index (χ2v) is 11.8. The van der Waals surface area contributed by atoms with Crippen LogP contribution >= 0.6 is 0 Å². The number of furan rings is 1. The molecule has 1 aliphatic carbocycles. The Hall–Kier alpha value is -5.61. The van der Waals surface area contributed by atoms with Gasteiger partial charge in [-0.3, -0.25) is 0 Å².